The summed E-state index contributed by atoms with van der Waals surface area (Å²) < 4.78 is 22.7. The first-order chi connectivity index (χ1) is 9.97. The van der Waals surface area contributed by atoms with Gasteiger partial charge in [0.25, 0.3) is 5.91 Å². The molecule has 0 radical (unpaired) electrons. The normalized spacial score (nSPS) is 23.9. The van der Waals surface area contributed by atoms with Crippen LogP contribution in [0.25, 0.3) is 0 Å². The van der Waals surface area contributed by atoms with Gasteiger partial charge >= 0.3 is 0 Å². The molecule has 0 bridgehead atoms. The van der Waals surface area contributed by atoms with E-state index in [0.29, 0.717) is 17.5 Å². The van der Waals surface area contributed by atoms with Gasteiger partial charge in [-0.1, -0.05) is 12.8 Å². The number of sulfonamides is 1. The van der Waals surface area contributed by atoms with Crippen LogP contribution >= 0.6 is 11.3 Å². The molecule has 1 aromatic rings. The number of primary sulfonamides is 1. The van der Waals surface area contributed by atoms with Crippen LogP contribution in [0.2, 0.25) is 0 Å². The molecule has 1 aromatic heterocycles. The summed E-state index contributed by atoms with van der Waals surface area (Å²) in [5, 5.41) is 6.71. The van der Waals surface area contributed by atoms with Gasteiger partial charge < -0.3 is 4.90 Å². The van der Waals surface area contributed by atoms with E-state index in [-0.39, 0.29) is 10.1 Å². The minimum absolute atomic E-state index is 0.0458. The zero-order valence-electron chi connectivity index (χ0n) is 11.8. The van der Waals surface area contributed by atoms with Crippen molar-refractivity contribution in [2.75, 3.05) is 6.54 Å². The van der Waals surface area contributed by atoms with E-state index in [9.17, 15) is 13.2 Å². The van der Waals surface area contributed by atoms with Gasteiger partial charge in [-0.3, -0.25) is 4.79 Å². The SMILES string of the molecule is NS(=O)(=O)c1cc(C(=O)N2CCCC2C2CCCC2)cs1. The maximum atomic E-state index is 12.7. The molecule has 7 heteroatoms. The van der Waals surface area contributed by atoms with Gasteiger partial charge in [0.05, 0.1) is 5.56 Å². The highest BCUT2D eigenvalue weighted by Crippen LogP contribution is 2.36. The van der Waals surface area contributed by atoms with E-state index < -0.39 is 10.0 Å². The van der Waals surface area contributed by atoms with Crippen LogP contribution in [0.15, 0.2) is 15.7 Å². The second kappa shape index (κ2) is 5.70. The van der Waals surface area contributed by atoms with Crippen molar-refractivity contribution in [2.45, 2.75) is 48.8 Å². The number of carbonyl (C=O) groups is 1. The van der Waals surface area contributed by atoms with Crippen molar-refractivity contribution in [3.63, 3.8) is 0 Å². The molecule has 1 aliphatic carbocycles. The molecular weight excluding hydrogens is 308 g/mol. The van der Waals surface area contributed by atoms with Crippen molar-refractivity contribution in [3.05, 3.63) is 17.0 Å². The predicted octanol–water partition coefficient (Wildman–Crippen LogP) is 2.19. The molecule has 1 aliphatic heterocycles. The number of hydrogen-bond donors (Lipinski definition) is 1. The average Bonchev–Trinajstić information content (AvgIpc) is 3.16. The van der Waals surface area contributed by atoms with Crippen LogP contribution in [0.1, 0.15) is 48.9 Å². The second-order valence-electron chi connectivity index (χ2n) is 5.95. The zero-order valence-corrected chi connectivity index (χ0v) is 13.5. The molecule has 116 valence electrons. The molecule has 1 unspecified atom stereocenters. The average molecular weight is 328 g/mol. The number of rotatable bonds is 3. The van der Waals surface area contributed by atoms with Crippen LogP contribution in [0.4, 0.5) is 0 Å². The Morgan fingerprint density at radius 2 is 1.95 bits per heavy atom. The minimum Gasteiger partial charge on any atom is -0.335 e. The molecule has 1 atom stereocenters. The summed E-state index contributed by atoms with van der Waals surface area (Å²) >= 11 is 1.02. The summed E-state index contributed by atoms with van der Waals surface area (Å²) in [5.74, 6) is 0.573. The van der Waals surface area contributed by atoms with Crippen LogP contribution in [-0.2, 0) is 10.0 Å². The minimum atomic E-state index is -3.72. The molecule has 0 spiro atoms. The largest absolute Gasteiger partial charge is 0.335 e. The quantitative estimate of drug-likeness (QED) is 0.923. The lowest BCUT2D eigenvalue weighted by Gasteiger charge is -2.29. The van der Waals surface area contributed by atoms with E-state index in [1.54, 1.807) is 5.38 Å². The summed E-state index contributed by atoms with van der Waals surface area (Å²) in [6.45, 7) is 0.778. The number of nitrogens with two attached hydrogens (primary N) is 1. The van der Waals surface area contributed by atoms with Crippen LogP contribution in [0, 0.1) is 5.92 Å². The lowest BCUT2D eigenvalue weighted by atomic mass is 9.96. The van der Waals surface area contributed by atoms with Gasteiger partial charge in [0.15, 0.2) is 0 Å². The molecule has 2 fully saturated rings. The first-order valence-electron chi connectivity index (χ1n) is 7.39. The van der Waals surface area contributed by atoms with Crippen LogP contribution in [0.5, 0.6) is 0 Å². The van der Waals surface area contributed by atoms with E-state index in [2.05, 4.69) is 0 Å². The van der Waals surface area contributed by atoms with E-state index in [1.165, 1.54) is 31.7 Å². The molecule has 21 heavy (non-hydrogen) atoms. The maximum Gasteiger partial charge on any atom is 0.255 e. The summed E-state index contributed by atoms with van der Waals surface area (Å²) in [4.78, 5) is 14.6. The molecule has 0 aromatic carbocycles. The van der Waals surface area contributed by atoms with Gasteiger partial charge in [0.2, 0.25) is 10.0 Å². The molecule has 2 N–H and O–H groups in total. The molecule has 1 amide bonds. The first-order valence-corrected chi connectivity index (χ1v) is 9.82. The highest BCUT2D eigenvalue weighted by Gasteiger charge is 2.36. The number of amides is 1. The van der Waals surface area contributed by atoms with E-state index in [4.69, 9.17) is 5.14 Å². The Balaban J connectivity index is 1.79. The van der Waals surface area contributed by atoms with Crippen molar-refractivity contribution >= 4 is 27.3 Å². The van der Waals surface area contributed by atoms with Crippen molar-refractivity contribution in [1.82, 2.24) is 4.90 Å². The lowest BCUT2D eigenvalue weighted by Crippen LogP contribution is -2.39. The van der Waals surface area contributed by atoms with E-state index >= 15 is 0 Å². The van der Waals surface area contributed by atoms with Crippen molar-refractivity contribution < 1.29 is 13.2 Å². The van der Waals surface area contributed by atoms with Gasteiger partial charge in [0, 0.05) is 18.0 Å². The van der Waals surface area contributed by atoms with Crippen molar-refractivity contribution in [2.24, 2.45) is 11.1 Å². The Hall–Kier alpha value is -0.920. The maximum absolute atomic E-state index is 12.7. The fourth-order valence-corrected chi connectivity index (χ4v) is 5.20. The number of thiophene rings is 1. The Labute approximate surface area is 129 Å². The molecule has 1 saturated carbocycles. The molecule has 5 nitrogen and oxygen atoms in total. The number of carbonyl (C=O) groups excluding carboxylic acids is 1. The number of likely N-dealkylation sites (tertiary alicyclic amines) is 1. The zero-order chi connectivity index (χ0) is 15.0. The van der Waals surface area contributed by atoms with Gasteiger partial charge in [0.1, 0.15) is 4.21 Å². The standard InChI is InChI=1S/C14H20N2O3S2/c15-21(18,19)13-8-11(9-20-13)14(17)16-7-3-6-12(16)10-4-1-2-5-10/h8-10,12H,1-7H2,(H2,15,18,19). The fourth-order valence-electron chi connectivity index (χ4n) is 3.62. The Morgan fingerprint density at radius 3 is 2.57 bits per heavy atom. The fraction of sp³-hybridized carbons (Fsp3) is 0.643. The number of hydrogen-bond acceptors (Lipinski definition) is 4. The summed E-state index contributed by atoms with van der Waals surface area (Å²) in [7, 11) is -3.72. The molecule has 2 heterocycles. The second-order valence-corrected chi connectivity index (χ2v) is 8.65. The van der Waals surface area contributed by atoms with Gasteiger partial charge in [-0.05, 0) is 37.7 Å². The molecule has 1 saturated heterocycles. The highest BCUT2D eigenvalue weighted by molar-refractivity contribution is 7.91. The van der Waals surface area contributed by atoms with E-state index in [0.717, 1.165) is 30.7 Å². The van der Waals surface area contributed by atoms with Gasteiger partial charge in [-0.2, -0.15) is 0 Å². The molecule has 2 aliphatic rings. The van der Waals surface area contributed by atoms with Crippen LogP contribution in [-0.4, -0.2) is 31.8 Å². The molecular formula is C14H20N2O3S2. The third-order valence-electron chi connectivity index (χ3n) is 4.61. The highest BCUT2D eigenvalue weighted by atomic mass is 32.2. The smallest absolute Gasteiger partial charge is 0.255 e. The summed E-state index contributed by atoms with van der Waals surface area (Å²) in [6, 6.07) is 1.74. The number of nitrogens with zero attached hydrogens (tertiary/aromatic N) is 1. The molecule has 3 rings (SSSR count). The third-order valence-corrected chi connectivity index (χ3v) is 6.99. The van der Waals surface area contributed by atoms with Crippen molar-refractivity contribution in [1.29, 1.82) is 0 Å². The predicted molar refractivity (Wildman–Crippen MR) is 81.7 cm³/mol. The van der Waals surface area contributed by atoms with Gasteiger partial charge in [-0.25, -0.2) is 13.6 Å². The first kappa shape index (κ1) is 15.0. The van der Waals surface area contributed by atoms with Crippen LogP contribution in [0.3, 0.4) is 0 Å². The van der Waals surface area contributed by atoms with Crippen molar-refractivity contribution in [3.8, 4) is 0 Å². The summed E-state index contributed by atoms with van der Waals surface area (Å²) in [6.07, 6.45) is 7.05. The van der Waals surface area contributed by atoms with Gasteiger partial charge in [-0.15, -0.1) is 11.3 Å². The van der Waals surface area contributed by atoms with Crippen LogP contribution < -0.4 is 5.14 Å². The summed E-state index contributed by atoms with van der Waals surface area (Å²) in [5.41, 5.74) is 0.453. The Bertz CT molecular complexity index is 632. The topological polar surface area (TPSA) is 80.5 Å². The third kappa shape index (κ3) is 3.00. The monoisotopic (exact) mass is 328 g/mol. The van der Waals surface area contributed by atoms with E-state index in [1.807, 2.05) is 4.90 Å². The Kier molecular flexibility index (Phi) is 4.07. The Morgan fingerprint density at radius 1 is 1.24 bits per heavy atom. The lowest BCUT2D eigenvalue weighted by molar-refractivity contribution is 0.0689.